The quantitative estimate of drug-likeness (QED) is 0.115. The number of amides is 3. The summed E-state index contributed by atoms with van der Waals surface area (Å²) in [7, 11) is 10.1. The van der Waals surface area contributed by atoms with Gasteiger partial charge in [-0.05, 0) is 184 Å². The van der Waals surface area contributed by atoms with E-state index in [-0.39, 0.29) is 17.1 Å². The van der Waals surface area contributed by atoms with E-state index in [0.29, 0.717) is 86.7 Å². The zero-order chi connectivity index (χ0) is 57.0. The first-order chi connectivity index (χ1) is 37.2. The molecule has 3 N–H and O–H groups in total. The Morgan fingerprint density at radius 3 is 0.641 bits per heavy atom. The van der Waals surface area contributed by atoms with E-state index in [1.807, 2.05) is 39.0 Å². The van der Waals surface area contributed by atoms with Gasteiger partial charge in [-0.1, -0.05) is 0 Å². The van der Waals surface area contributed by atoms with Crippen LogP contribution in [-0.4, -0.2) is 88.9 Å². The van der Waals surface area contributed by atoms with Gasteiger partial charge >= 0.3 is 34.1 Å². The maximum absolute atomic E-state index is 14.1. The van der Waals surface area contributed by atoms with Crippen LogP contribution in [0.25, 0.3) is 34.1 Å². The second-order valence-electron chi connectivity index (χ2n) is 18.5. The summed E-state index contributed by atoms with van der Waals surface area (Å²) < 4.78 is 5.93. The fourth-order valence-electron chi connectivity index (χ4n) is 9.03. The van der Waals surface area contributed by atoms with Crippen molar-refractivity contribution in [2.45, 2.75) is 41.5 Å². The molecule has 402 valence electrons. The highest BCUT2D eigenvalue weighted by atomic mass is 16.2. The number of aromatic nitrogens is 6. The summed E-state index contributed by atoms with van der Waals surface area (Å²) in [5.41, 5.74) is 4.84. The number of hydrogen-bond acceptors (Lipinski definition) is 12. The van der Waals surface area contributed by atoms with E-state index in [1.54, 1.807) is 136 Å². The number of benzene rings is 6. The smallest absolute Gasteiger partial charge is 0.345 e. The number of anilines is 6. The molecule has 6 aromatic carbocycles. The van der Waals surface area contributed by atoms with Gasteiger partial charge in [-0.3, -0.25) is 14.4 Å². The van der Waals surface area contributed by atoms with Gasteiger partial charge in [0.2, 0.25) is 19.2 Å². The maximum atomic E-state index is 14.1. The summed E-state index contributed by atoms with van der Waals surface area (Å²) in [6, 6.07) is 30.4. The highest BCUT2D eigenvalue weighted by Crippen LogP contribution is 2.25. The molecule has 0 saturated heterocycles. The fourth-order valence-corrected chi connectivity index (χ4v) is 9.03. The van der Waals surface area contributed by atoms with Crippen molar-refractivity contribution in [2.24, 2.45) is 0 Å². The minimum absolute atomic E-state index is 0.223. The number of nitrogens with zero attached hydrogens (tertiary/aromatic N) is 9. The van der Waals surface area contributed by atoms with Crippen LogP contribution in [-0.2, 0) is 14.4 Å². The van der Waals surface area contributed by atoms with Gasteiger partial charge in [-0.25, -0.2) is 56.2 Å². The molecule has 0 aliphatic heterocycles. The van der Waals surface area contributed by atoms with Crippen molar-refractivity contribution >= 4 is 53.4 Å². The van der Waals surface area contributed by atoms with Crippen molar-refractivity contribution in [1.29, 1.82) is 0 Å². The molecule has 0 aliphatic carbocycles. The van der Waals surface area contributed by atoms with E-state index >= 15 is 0 Å². The number of carbonyl (C=O) groups is 3. The van der Waals surface area contributed by atoms with Crippen LogP contribution in [0.1, 0.15) is 33.4 Å². The van der Waals surface area contributed by atoms with Crippen LogP contribution < -0.4 is 64.8 Å². The Hall–Kier alpha value is -10.1. The third-order valence-electron chi connectivity index (χ3n) is 13.4. The molecular formula is C57H60N12O9. The standard InChI is InChI=1S/C30H30N6O6.C27H30N6O3/c1-19-13-22(31(4)16-37)7-10-25(19)34-28(40)35(26-11-8-23(14-20(26)2)32(5)17-38)30(42)36(29(34)41)27-12-9-24(15-21(27)3)33(6)18-39;1-16-13-19(28-4)7-10-22(16)31-25(34)32(23-11-8-20(29-5)14-17(23)2)27(36)33(26(31)35)24-12-9-21(30-6)15-18(24)3/h7-18H,1-6H3;7-15,28-30H,1-6H3. The molecule has 8 aromatic rings. The van der Waals surface area contributed by atoms with Crippen LogP contribution in [0.4, 0.5) is 34.1 Å². The molecule has 21 nitrogen and oxygen atoms in total. The molecule has 0 aliphatic rings. The van der Waals surface area contributed by atoms with E-state index in [2.05, 4.69) is 16.0 Å². The fraction of sp³-hybridized carbons (Fsp3) is 0.211. The minimum atomic E-state index is -0.893. The largest absolute Gasteiger partial charge is 0.388 e. The van der Waals surface area contributed by atoms with Crippen molar-refractivity contribution in [3.05, 3.63) is 205 Å². The Kier molecular flexibility index (Phi) is 16.3. The summed E-state index contributed by atoms with van der Waals surface area (Å²) in [6.07, 6.45) is 1.91. The van der Waals surface area contributed by atoms with Gasteiger partial charge in [0.25, 0.3) is 0 Å². The van der Waals surface area contributed by atoms with Crippen molar-refractivity contribution in [3.63, 3.8) is 0 Å². The molecule has 78 heavy (non-hydrogen) atoms. The van der Waals surface area contributed by atoms with Gasteiger partial charge in [0, 0.05) is 76.4 Å². The number of rotatable bonds is 15. The molecule has 8 rings (SSSR count). The SMILES string of the molecule is CNc1ccc(-n2c(=O)n(-c3ccc(NC)cc3C)c(=O)n(-c3ccc(NC)cc3C)c2=O)c(C)c1.Cc1cc(N(C)C=O)ccc1-n1c(=O)n(-c2ccc(N(C)C=O)cc2C)c(=O)n(-c2ccc(N(C)C=O)cc2C)c1=O. The van der Waals surface area contributed by atoms with E-state index in [4.69, 9.17) is 0 Å². The predicted molar refractivity (Wildman–Crippen MR) is 307 cm³/mol. The molecule has 0 saturated carbocycles. The molecule has 3 amide bonds. The van der Waals surface area contributed by atoms with Crippen LogP contribution in [0.15, 0.2) is 138 Å². The van der Waals surface area contributed by atoms with Gasteiger partial charge in [0.15, 0.2) is 0 Å². The van der Waals surface area contributed by atoms with Crippen LogP contribution in [0, 0.1) is 41.5 Å². The average molecular weight is 1060 g/mol. The highest BCUT2D eigenvalue weighted by Gasteiger charge is 2.25. The van der Waals surface area contributed by atoms with E-state index in [0.717, 1.165) is 44.5 Å². The first kappa shape index (κ1) is 55.7. The lowest BCUT2D eigenvalue weighted by atomic mass is 10.1. The van der Waals surface area contributed by atoms with Crippen LogP contribution >= 0.6 is 0 Å². The normalized spacial score (nSPS) is 10.8. The van der Waals surface area contributed by atoms with Gasteiger partial charge in [-0.2, -0.15) is 0 Å². The molecule has 0 radical (unpaired) electrons. The lowest BCUT2D eigenvalue weighted by Gasteiger charge is -2.20. The average Bonchev–Trinajstić information content (AvgIpc) is 3.56. The lowest BCUT2D eigenvalue weighted by molar-refractivity contribution is -0.107. The molecule has 0 spiro atoms. The summed E-state index contributed by atoms with van der Waals surface area (Å²) in [5, 5.41) is 9.17. The number of nitrogens with one attached hydrogen (secondary N) is 3. The highest BCUT2D eigenvalue weighted by molar-refractivity contribution is 5.77. The molecule has 2 aromatic heterocycles. The van der Waals surface area contributed by atoms with Crippen LogP contribution in [0.3, 0.4) is 0 Å². The number of hydrogen-bond donors (Lipinski definition) is 3. The molecule has 21 heteroatoms. The third-order valence-corrected chi connectivity index (χ3v) is 13.4. The Labute approximate surface area is 447 Å². The van der Waals surface area contributed by atoms with Crippen LogP contribution in [0.5, 0.6) is 0 Å². The van der Waals surface area contributed by atoms with Crippen molar-refractivity contribution < 1.29 is 14.4 Å². The first-order valence-corrected chi connectivity index (χ1v) is 24.4. The zero-order valence-corrected chi connectivity index (χ0v) is 45.3. The van der Waals surface area contributed by atoms with E-state index in [1.165, 1.54) is 32.9 Å². The Bertz CT molecular complexity index is 3600. The van der Waals surface area contributed by atoms with Crippen molar-refractivity contribution in [1.82, 2.24) is 27.4 Å². The number of aryl methyl sites for hydroxylation is 6. The Morgan fingerprint density at radius 1 is 0.308 bits per heavy atom. The second kappa shape index (κ2) is 22.8. The topological polar surface area (TPSA) is 229 Å². The molecule has 0 bridgehead atoms. The van der Waals surface area contributed by atoms with Crippen LogP contribution in [0.2, 0.25) is 0 Å². The van der Waals surface area contributed by atoms with E-state index in [9.17, 15) is 43.2 Å². The van der Waals surface area contributed by atoms with Crippen molar-refractivity contribution in [2.75, 3.05) is 72.9 Å². The van der Waals surface area contributed by atoms with Crippen molar-refractivity contribution in [3.8, 4) is 34.1 Å². The monoisotopic (exact) mass is 1060 g/mol. The summed E-state index contributed by atoms with van der Waals surface area (Å²) in [6.45, 7) is 10.5. The molecular weight excluding hydrogens is 997 g/mol. The van der Waals surface area contributed by atoms with Gasteiger partial charge in [-0.15, -0.1) is 0 Å². The summed E-state index contributed by atoms with van der Waals surface area (Å²) >= 11 is 0. The Balaban J connectivity index is 0.000000229. The third kappa shape index (κ3) is 10.4. The summed E-state index contributed by atoms with van der Waals surface area (Å²) in [4.78, 5) is 122. The predicted octanol–water partition coefficient (Wildman–Crippen LogP) is 5.03. The molecule has 0 fully saturated rings. The minimum Gasteiger partial charge on any atom is -0.388 e. The molecule has 0 atom stereocenters. The second-order valence-corrected chi connectivity index (χ2v) is 18.5. The zero-order valence-electron chi connectivity index (χ0n) is 45.3. The van der Waals surface area contributed by atoms with Gasteiger partial charge in [0.05, 0.1) is 34.1 Å². The Morgan fingerprint density at radius 2 is 0.487 bits per heavy atom. The van der Waals surface area contributed by atoms with E-state index < -0.39 is 34.1 Å². The molecule has 0 unspecified atom stereocenters. The maximum Gasteiger partial charge on any atom is 0.345 e. The first-order valence-electron chi connectivity index (χ1n) is 24.4. The number of carbonyl (C=O) groups excluding carboxylic acids is 3. The van der Waals surface area contributed by atoms with Gasteiger partial charge in [0.1, 0.15) is 0 Å². The lowest BCUT2D eigenvalue weighted by Crippen LogP contribution is -2.53. The van der Waals surface area contributed by atoms with Gasteiger partial charge < -0.3 is 30.7 Å². The molecule has 2 heterocycles. The summed E-state index contributed by atoms with van der Waals surface area (Å²) in [5.74, 6) is 0.